The van der Waals surface area contributed by atoms with Gasteiger partial charge in [0.25, 0.3) is 0 Å². The summed E-state index contributed by atoms with van der Waals surface area (Å²) in [6.45, 7) is 15.8. The van der Waals surface area contributed by atoms with Crippen molar-refractivity contribution in [2.45, 2.75) is 197 Å². The number of hydrogen-bond donors (Lipinski definition) is 4. The number of carbonyl (C=O) groups is 1. The van der Waals surface area contributed by atoms with Gasteiger partial charge in [0.1, 0.15) is 35.5 Å². The van der Waals surface area contributed by atoms with Gasteiger partial charge in [0, 0.05) is 58.2 Å². The van der Waals surface area contributed by atoms with Crippen LogP contribution in [-0.4, -0.2) is 145 Å². The van der Waals surface area contributed by atoms with Gasteiger partial charge in [-0.1, -0.05) is 69.7 Å². The van der Waals surface area contributed by atoms with Crippen LogP contribution < -0.4 is 5.73 Å². The maximum Gasteiger partial charge on any atom is 0.316 e. The average Bonchev–Trinajstić information content (AvgIpc) is 3.59. The zero-order valence-corrected chi connectivity index (χ0v) is 39.3. The number of aliphatic hydroxyl groups is 2. The van der Waals surface area contributed by atoms with Gasteiger partial charge in [0.15, 0.2) is 18.4 Å². The summed E-state index contributed by atoms with van der Waals surface area (Å²) in [7, 11) is 3.30. The van der Waals surface area contributed by atoms with Crippen molar-refractivity contribution in [3.8, 4) is 0 Å². The van der Waals surface area contributed by atoms with Gasteiger partial charge in [0.05, 0.1) is 61.5 Å². The van der Waals surface area contributed by atoms with E-state index in [-0.39, 0.29) is 73.4 Å². The smallest absolute Gasteiger partial charge is 0.316 e. The second kappa shape index (κ2) is 20.3. The highest BCUT2D eigenvalue weighted by molar-refractivity contribution is 6.06. The molecule has 1 spiro atoms. The number of nitrogens with two attached hydrogens (primary N) is 1. The molecule has 7 rings (SSSR count). The molecule has 0 saturated carbocycles. The number of rotatable bonds is 8. The molecule has 1 aliphatic carbocycles. The van der Waals surface area contributed by atoms with E-state index in [9.17, 15) is 20.2 Å². The van der Waals surface area contributed by atoms with Gasteiger partial charge in [-0.3, -0.25) is 4.79 Å². The molecule has 7 aliphatic rings. The van der Waals surface area contributed by atoms with E-state index in [0.717, 1.165) is 12.0 Å². The van der Waals surface area contributed by atoms with Crippen molar-refractivity contribution in [1.82, 2.24) is 0 Å². The van der Waals surface area contributed by atoms with E-state index in [2.05, 4.69) is 25.1 Å². The quantitative estimate of drug-likeness (QED) is 0.109. The number of aliphatic hydroxyl groups excluding tert-OH is 1. The number of esters is 1. The zero-order valence-electron chi connectivity index (χ0n) is 39.3. The van der Waals surface area contributed by atoms with Gasteiger partial charge >= 0.3 is 5.97 Å². The molecule has 16 heteroatoms. The topological polar surface area (TPSA) is 208 Å². The van der Waals surface area contributed by atoms with E-state index >= 15 is 0 Å². The number of oxime groups is 1. The highest BCUT2D eigenvalue weighted by Gasteiger charge is 2.60. The van der Waals surface area contributed by atoms with E-state index in [1.807, 2.05) is 46.8 Å². The molecule has 2 bridgehead atoms. The minimum absolute atomic E-state index is 0.00871. The summed E-state index contributed by atoms with van der Waals surface area (Å²) in [6, 6.07) is -0.269. The second-order valence-corrected chi connectivity index (χ2v) is 19.5. The fourth-order valence-corrected chi connectivity index (χ4v) is 11.0. The van der Waals surface area contributed by atoms with Gasteiger partial charge in [-0.2, -0.15) is 0 Å². The van der Waals surface area contributed by atoms with Gasteiger partial charge in [-0.15, -0.1) is 0 Å². The Labute approximate surface area is 378 Å². The Kier molecular flexibility index (Phi) is 15.7. The Balaban J connectivity index is 1.20. The average molecular weight is 903 g/mol. The predicted molar refractivity (Wildman–Crippen MR) is 234 cm³/mol. The van der Waals surface area contributed by atoms with Crippen LogP contribution in [-0.2, 0) is 52.2 Å². The van der Waals surface area contributed by atoms with Crippen molar-refractivity contribution in [2.24, 2.45) is 34.6 Å². The molecule has 0 aromatic carbocycles. The largest absolute Gasteiger partial charge is 0.462 e. The molecular formula is C48H74N2O14. The maximum absolute atomic E-state index is 14.5. The Morgan fingerprint density at radius 1 is 0.969 bits per heavy atom. The van der Waals surface area contributed by atoms with Crippen molar-refractivity contribution in [3.05, 3.63) is 47.1 Å². The number of hydrogen-bond acceptors (Lipinski definition) is 16. The van der Waals surface area contributed by atoms with Crippen LogP contribution in [0.2, 0.25) is 0 Å². The molecule has 5 fully saturated rings. The highest BCUT2D eigenvalue weighted by Crippen LogP contribution is 2.48. The monoisotopic (exact) mass is 903 g/mol. The van der Waals surface area contributed by atoms with Gasteiger partial charge in [0.2, 0.25) is 0 Å². The van der Waals surface area contributed by atoms with Crippen LogP contribution >= 0.6 is 0 Å². The van der Waals surface area contributed by atoms with E-state index in [1.165, 1.54) is 0 Å². The normalized spacial score (nSPS) is 48.9. The molecule has 20 atom stereocenters. The molecule has 6 heterocycles. The maximum atomic E-state index is 14.5. The number of carbonyl (C=O) groups excluding carboxylic acids is 1. The number of allylic oxidation sites excluding steroid dienone is 2. The molecule has 64 heavy (non-hydrogen) atoms. The number of fused-ring (bicyclic) bond motifs is 2. The lowest BCUT2D eigenvalue weighted by molar-refractivity contribution is -0.354. The lowest BCUT2D eigenvalue weighted by Crippen LogP contribution is -2.59. The van der Waals surface area contributed by atoms with Crippen LogP contribution in [0.3, 0.4) is 0 Å². The Morgan fingerprint density at radius 3 is 2.38 bits per heavy atom. The summed E-state index contributed by atoms with van der Waals surface area (Å²) in [6.07, 6.45) is 5.54. The highest BCUT2D eigenvalue weighted by atomic mass is 16.7. The van der Waals surface area contributed by atoms with E-state index in [1.54, 1.807) is 33.3 Å². The first kappa shape index (κ1) is 49.3. The van der Waals surface area contributed by atoms with Crippen molar-refractivity contribution < 1.29 is 67.6 Å². The summed E-state index contributed by atoms with van der Waals surface area (Å²) >= 11 is 0. The molecule has 5 N–H and O–H groups in total. The first-order chi connectivity index (χ1) is 30.4. The Hall–Kier alpha value is -2.58. The summed E-state index contributed by atoms with van der Waals surface area (Å²) < 4.78 is 64.1. The second-order valence-electron chi connectivity index (χ2n) is 19.5. The molecule has 0 aromatic rings. The number of ether oxygens (including phenoxy) is 10. The van der Waals surface area contributed by atoms with Crippen LogP contribution in [0.4, 0.5) is 0 Å². The van der Waals surface area contributed by atoms with Crippen LogP contribution in [0.15, 0.2) is 52.3 Å². The Morgan fingerprint density at radius 2 is 1.67 bits per heavy atom. The molecule has 10 unspecified atom stereocenters. The summed E-state index contributed by atoms with van der Waals surface area (Å²) in [4.78, 5) is 14.5. The van der Waals surface area contributed by atoms with E-state index < -0.39 is 78.6 Å². The fourth-order valence-electron chi connectivity index (χ4n) is 11.0. The third-order valence-electron chi connectivity index (χ3n) is 15.1. The Bertz CT molecular complexity index is 1800. The lowest BCUT2D eigenvalue weighted by atomic mass is 9.71. The van der Waals surface area contributed by atoms with Crippen LogP contribution in [0, 0.1) is 23.7 Å². The van der Waals surface area contributed by atoms with Gasteiger partial charge in [-0.25, -0.2) is 0 Å². The SMILES string of the molecule is CCC(C)C1OC2(CC3CC(C/C=C(\C)[C@@H](OC4C[C@@H](OC)[C@H](O[C@H]5C[C@H](OC)[C@@H](N)[C@H](C)O5)[C@@H](C)O4)C(C)/C=C/C=C4\COC5/C(=N/O)C(C)=CC(C(=O)O3)[C@]45O)O2)CC(O)[C@H]1C. The zero-order chi connectivity index (χ0) is 46.2. The first-order valence-corrected chi connectivity index (χ1v) is 23.4. The van der Waals surface area contributed by atoms with Crippen LogP contribution in [0.5, 0.6) is 0 Å². The van der Waals surface area contributed by atoms with E-state index in [0.29, 0.717) is 36.8 Å². The summed E-state index contributed by atoms with van der Waals surface area (Å²) in [5.41, 5.74) is 6.43. The van der Waals surface area contributed by atoms with Crippen molar-refractivity contribution in [2.75, 3.05) is 20.8 Å². The van der Waals surface area contributed by atoms with Gasteiger partial charge < -0.3 is 68.5 Å². The number of methoxy groups -OCH3 is 2. The van der Waals surface area contributed by atoms with Crippen molar-refractivity contribution >= 4 is 11.7 Å². The molecular weight excluding hydrogens is 829 g/mol. The molecule has 360 valence electrons. The minimum atomic E-state index is -1.90. The molecule has 0 radical (unpaired) electrons. The summed E-state index contributed by atoms with van der Waals surface area (Å²) in [5, 5.41) is 37.7. The van der Waals surface area contributed by atoms with E-state index in [4.69, 9.17) is 53.1 Å². The van der Waals surface area contributed by atoms with Crippen LogP contribution in [0.1, 0.15) is 100 Å². The standard InChI is InChI=1S/C48H74N2O14/c1-11-24(2)43-28(6)35(51)22-47(64-43)21-33-18-32(63-47)16-15-26(4)42(61-39-20-37(56-10)44(30(8)59-39)62-38-19-36(55-9)40(49)29(7)58-38)25(3)13-12-14-31-23-57-45-41(50-54)27(5)17-34(46(52)60-33)48(31,45)53/h12-15,17,24-25,28-30,32-40,42-45,51,53-54H,11,16,18-23,49H2,1-10H3/b13-12+,26-15+,31-14+,50-41+/t24?,25?,28-,29+,30-,32?,33?,34?,35?,36+,37-,38+,39?,40+,42+,43?,44-,45?,47?,48-/m1/s1. The third kappa shape index (κ3) is 9.86. The molecule has 6 aliphatic heterocycles. The molecule has 0 amide bonds. The molecule has 5 saturated heterocycles. The summed E-state index contributed by atoms with van der Waals surface area (Å²) in [5.74, 6) is -3.24. The molecule has 0 aromatic heterocycles. The molecule has 16 nitrogen and oxygen atoms in total. The number of nitrogens with zero attached hydrogens (tertiary/aromatic N) is 1. The predicted octanol–water partition coefficient (Wildman–Crippen LogP) is 5.01. The van der Waals surface area contributed by atoms with Crippen LogP contribution in [0.25, 0.3) is 0 Å². The minimum Gasteiger partial charge on any atom is -0.462 e. The van der Waals surface area contributed by atoms with Gasteiger partial charge in [-0.05, 0) is 56.8 Å². The lowest BCUT2D eigenvalue weighted by Gasteiger charge is -2.52. The first-order valence-electron chi connectivity index (χ1n) is 23.4. The van der Waals surface area contributed by atoms with Crippen molar-refractivity contribution in [1.29, 1.82) is 0 Å². The fraction of sp³-hybridized carbons (Fsp3) is 0.792. The van der Waals surface area contributed by atoms with Crippen molar-refractivity contribution in [3.63, 3.8) is 0 Å². The third-order valence-corrected chi connectivity index (χ3v) is 15.1.